The molecule has 0 aliphatic heterocycles. The third-order valence-electron chi connectivity index (χ3n) is 4.05. The van der Waals surface area contributed by atoms with Crippen LogP contribution in [0.5, 0.6) is 0 Å². The zero-order valence-electron chi connectivity index (χ0n) is 12.5. The second kappa shape index (κ2) is 6.41. The molecule has 0 N–H and O–H groups in total. The van der Waals surface area contributed by atoms with Gasteiger partial charge < -0.3 is 0 Å². The van der Waals surface area contributed by atoms with Crippen LogP contribution >= 0.6 is 11.3 Å². The summed E-state index contributed by atoms with van der Waals surface area (Å²) in [4.78, 5) is 5.73. The first-order valence-corrected chi connectivity index (χ1v) is 8.36. The molecule has 0 bridgehead atoms. The lowest BCUT2D eigenvalue weighted by atomic mass is 9.91. The highest BCUT2D eigenvalue weighted by molar-refractivity contribution is 7.13. The van der Waals surface area contributed by atoms with Crippen LogP contribution in [0.25, 0.3) is 16.8 Å². The van der Waals surface area contributed by atoms with Gasteiger partial charge in [0.1, 0.15) is 16.9 Å². The summed E-state index contributed by atoms with van der Waals surface area (Å²) < 4.78 is 13.1. The molecule has 4 heteroatoms. The monoisotopic (exact) mass is 312 g/mol. The van der Waals surface area contributed by atoms with Crippen molar-refractivity contribution in [2.24, 2.45) is 0 Å². The van der Waals surface area contributed by atoms with E-state index in [4.69, 9.17) is 0 Å². The highest BCUT2D eigenvalue weighted by Crippen LogP contribution is 2.35. The minimum absolute atomic E-state index is 0.251. The molecule has 0 radical (unpaired) electrons. The van der Waals surface area contributed by atoms with Gasteiger partial charge in [0.25, 0.3) is 0 Å². The van der Waals surface area contributed by atoms with Gasteiger partial charge in [-0.2, -0.15) is 5.26 Å². The number of allylic oxidation sites excluding steroid dienone is 2. The van der Waals surface area contributed by atoms with Crippen molar-refractivity contribution in [2.75, 3.05) is 0 Å². The van der Waals surface area contributed by atoms with Crippen molar-refractivity contribution in [3.8, 4) is 17.3 Å². The topological polar surface area (TPSA) is 36.7 Å². The maximum Gasteiger partial charge on any atom is 0.134 e. The molecule has 1 heterocycles. The fraction of sp³-hybridized carbons (Fsp3) is 0.333. The molecule has 0 unspecified atom stereocenters. The van der Waals surface area contributed by atoms with Gasteiger partial charge in [-0.1, -0.05) is 6.42 Å². The first-order chi connectivity index (χ1) is 10.7. The molecule has 1 aliphatic carbocycles. The van der Waals surface area contributed by atoms with E-state index in [0.717, 1.165) is 52.4 Å². The minimum atomic E-state index is -0.251. The Bertz CT molecular complexity index is 742. The van der Waals surface area contributed by atoms with Crippen molar-refractivity contribution in [2.45, 2.75) is 39.0 Å². The van der Waals surface area contributed by atoms with E-state index in [1.165, 1.54) is 24.1 Å². The van der Waals surface area contributed by atoms with Crippen LogP contribution in [0.15, 0.2) is 29.8 Å². The van der Waals surface area contributed by atoms with E-state index in [9.17, 15) is 9.65 Å². The number of rotatable bonds is 2. The van der Waals surface area contributed by atoms with Gasteiger partial charge in [-0.05, 0) is 62.4 Å². The SMILES string of the molecule is Cc1sc(C(C#N)=C2CCCCC2)nc1-c1ccc(F)cc1. The van der Waals surface area contributed by atoms with E-state index in [0.29, 0.717) is 0 Å². The first-order valence-electron chi connectivity index (χ1n) is 7.55. The second-order valence-electron chi connectivity index (χ2n) is 5.58. The van der Waals surface area contributed by atoms with Crippen molar-refractivity contribution in [3.63, 3.8) is 0 Å². The van der Waals surface area contributed by atoms with Crippen LogP contribution in [0.2, 0.25) is 0 Å². The molecule has 0 spiro atoms. The summed E-state index contributed by atoms with van der Waals surface area (Å²) in [6, 6.07) is 8.72. The van der Waals surface area contributed by atoms with Gasteiger partial charge >= 0.3 is 0 Å². The van der Waals surface area contributed by atoms with Gasteiger partial charge in [-0.25, -0.2) is 9.37 Å². The Labute approximate surface area is 133 Å². The van der Waals surface area contributed by atoms with Crippen LogP contribution in [0.4, 0.5) is 4.39 Å². The molecule has 0 saturated heterocycles. The van der Waals surface area contributed by atoms with Crippen LogP contribution in [0, 0.1) is 24.1 Å². The zero-order chi connectivity index (χ0) is 15.5. The molecule has 22 heavy (non-hydrogen) atoms. The van der Waals surface area contributed by atoms with Crippen LogP contribution in [-0.4, -0.2) is 4.98 Å². The highest BCUT2D eigenvalue weighted by Gasteiger charge is 2.18. The Morgan fingerprint density at radius 3 is 2.50 bits per heavy atom. The smallest absolute Gasteiger partial charge is 0.134 e. The zero-order valence-corrected chi connectivity index (χ0v) is 13.3. The molecule has 0 amide bonds. The van der Waals surface area contributed by atoms with Gasteiger partial charge in [0, 0.05) is 10.4 Å². The van der Waals surface area contributed by atoms with Crippen LogP contribution < -0.4 is 0 Å². The molecule has 1 saturated carbocycles. The Hall–Kier alpha value is -1.99. The Morgan fingerprint density at radius 2 is 1.86 bits per heavy atom. The quantitative estimate of drug-likeness (QED) is 0.687. The molecule has 2 aromatic rings. The molecular formula is C18H17FN2S. The maximum absolute atomic E-state index is 13.1. The lowest BCUT2D eigenvalue weighted by Crippen LogP contribution is -1.97. The summed E-state index contributed by atoms with van der Waals surface area (Å²) in [5, 5.41) is 10.4. The highest BCUT2D eigenvalue weighted by atomic mass is 32.1. The Balaban J connectivity index is 2.01. The third-order valence-corrected chi connectivity index (χ3v) is 5.04. The van der Waals surface area contributed by atoms with Gasteiger partial charge in [0.2, 0.25) is 0 Å². The van der Waals surface area contributed by atoms with Gasteiger partial charge in [-0.3, -0.25) is 0 Å². The maximum atomic E-state index is 13.1. The number of thiazole rings is 1. The second-order valence-corrected chi connectivity index (χ2v) is 6.78. The van der Waals surface area contributed by atoms with Crippen LogP contribution in [-0.2, 0) is 0 Å². The fourth-order valence-electron chi connectivity index (χ4n) is 2.89. The summed E-state index contributed by atoms with van der Waals surface area (Å²) >= 11 is 1.55. The summed E-state index contributed by atoms with van der Waals surface area (Å²) in [5.74, 6) is -0.251. The van der Waals surface area contributed by atoms with Crippen molar-refractivity contribution < 1.29 is 4.39 Å². The van der Waals surface area contributed by atoms with Gasteiger partial charge in [-0.15, -0.1) is 11.3 Å². The van der Waals surface area contributed by atoms with E-state index >= 15 is 0 Å². The molecular weight excluding hydrogens is 295 g/mol. The number of benzene rings is 1. The number of hydrogen-bond donors (Lipinski definition) is 0. The molecule has 1 aromatic heterocycles. The molecule has 0 atom stereocenters. The molecule has 1 aromatic carbocycles. The average Bonchev–Trinajstić information content (AvgIpc) is 2.91. The van der Waals surface area contributed by atoms with E-state index in [-0.39, 0.29) is 5.82 Å². The van der Waals surface area contributed by atoms with Gasteiger partial charge in [0.15, 0.2) is 0 Å². The first kappa shape index (κ1) is 14.9. The molecule has 1 fully saturated rings. The van der Waals surface area contributed by atoms with E-state index in [1.807, 2.05) is 6.92 Å². The van der Waals surface area contributed by atoms with Crippen LogP contribution in [0.1, 0.15) is 42.0 Å². The van der Waals surface area contributed by atoms with Crippen molar-refractivity contribution in [1.82, 2.24) is 4.98 Å². The summed E-state index contributed by atoms with van der Waals surface area (Å²) in [5.41, 5.74) is 3.74. The Kier molecular flexibility index (Phi) is 4.35. The van der Waals surface area contributed by atoms with Gasteiger partial charge in [0.05, 0.1) is 11.3 Å². The van der Waals surface area contributed by atoms with E-state index in [1.54, 1.807) is 23.5 Å². The predicted molar refractivity (Wildman–Crippen MR) is 87.9 cm³/mol. The van der Waals surface area contributed by atoms with Crippen molar-refractivity contribution in [3.05, 3.63) is 45.5 Å². The summed E-state index contributed by atoms with van der Waals surface area (Å²) in [6.45, 7) is 2.00. The van der Waals surface area contributed by atoms with E-state index in [2.05, 4.69) is 11.1 Å². The lowest BCUT2D eigenvalue weighted by molar-refractivity contribution is 0.601. The molecule has 112 valence electrons. The fourth-order valence-corrected chi connectivity index (χ4v) is 3.86. The Morgan fingerprint density at radius 1 is 1.18 bits per heavy atom. The molecule has 2 nitrogen and oxygen atoms in total. The van der Waals surface area contributed by atoms with Crippen LogP contribution in [0.3, 0.4) is 0 Å². The summed E-state index contributed by atoms with van der Waals surface area (Å²) in [7, 11) is 0. The largest absolute Gasteiger partial charge is 0.235 e. The summed E-state index contributed by atoms with van der Waals surface area (Å²) in [6.07, 6.45) is 5.59. The number of hydrogen-bond acceptors (Lipinski definition) is 3. The average molecular weight is 312 g/mol. The normalized spacial score (nSPS) is 14.7. The third kappa shape index (κ3) is 2.95. The van der Waals surface area contributed by atoms with Crippen molar-refractivity contribution >= 4 is 16.9 Å². The predicted octanol–water partition coefficient (Wildman–Crippen LogP) is 5.50. The number of aromatic nitrogens is 1. The standard InChI is InChI=1S/C18H17FN2S/c1-12-17(14-7-9-15(19)10-8-14)21-18(22-12)16(11-20)13-5-3-2-4-6-13/h7-10H,2-6H2,1H3. The van der Waals surface area contributed by atoms with E-state index < -0.39 is 0 Å². The number of halogens is 1. The minimum Gasteiger partial charge on any atom is -0.235 e. The number of nitrogens with zero attached hydrogens (tertiary/aromatic N) is 2. The number of nitriles is 1. The number of aryl methyl sites for hydroxylation is 1. The lowest BCUT2D eigenvalue weighted by Gasteiger charge is -2.14. The molecule has 1 aliphatic rings. The molecule has 3 rings (SSSR count). The van der Waals surface area contributed by atoms with Crippen molar-refractivity contribution in [1.29, 1.82) is 5.26 Å².